The lowest BCUT2D eigenvalue weighted by molar-refractivity contribution is -0.162. The molecule has 0 aromatic carbocycles. The van der Waals surface area contributed by atoms with Crippen LogP contribution in [0, 0.1) is 34.5 Å². The van der Waals surface area contributed by atoms with E-state index in [1.54, 1.807) is 0 Å². The SMILES string of the molecule is C[C@]12CCC3C(CC[C@H]4CCCC[C@]34C)C1CC[C@@]2(O)NCCCO. The summed E-state index contributed by atoms with van der Waals surface area (Å²) in [4.78, 5) is 0. The molecule has 0 heterocycles. The van der Waals surface area contributed by atoms with Gasteiger partial charge < -0.3 is 10.2 Å². The van der Waals surface area contributed by atoms with Crippen molar-refractivity contribution in [2.75, 3.05) is 13.2 Å². The number of aliphatic hydroxyl groups excluding tert-OH is 1. The molecule has 4 aliphatic rings. The van der Waals surface area contributed by atoms with Crippen molar-refractivity contribution in [3.63, 3.8) is 0 Å². The minimum atomic E-state index is -0.720. The molecule has 0 aromatic rings. The van der Waals surface area contributed by atoms with Gasteiger partial charge in [0.2, 0.25) is 0 Å². The van der Waals surface area contributed by atoms with Gasteiger partial charge in [0.1, 0.15) is 5.72 Å². The smallest absolute Gasteiger partial charge is 0.121 e. The summed E-state index contributed by atoms with van der Waals surface area (Å²) in [6, 6.07) is 0. The van der Waals surface area contributed by atoms with E-state index < -0.39 is 5.72 Å². The summed E-state index contributed by atoms with van der Waals surface area (Å²) in [6.07, 6.45) is 13.9. The number of rotatable bonds is 4. The standard InChI is InChI=1S/C22H39NO2/c1-20-11-4-3-6-16(20)7-8-17-18(20)9-12-21(2)19(17)10-13-22(21,25)23-14-5-15-24/h16-19,23-25H,3-15H2,1-2H3/t16-,17?,18?,19?,20+,21+,22+/m1/s1. The van der Waals surface area contributed by atoms with Gasteiger partial charge in [-0.1, -0.05) is 26.7 Å². The van der Waals surface area contributed by atoms with Gasteiger partial charge in [-0.3, -0.25) is 5.32 Å². The maximum Gasteiger partial charge on any atom is 0.121 e. The number of nitrogens with one attached hydrogen (secondary N) is 1. The largest absolute Gasteiger partial charge is 0.396 e. The molecule has 4 saturated carbocycles. The summed E-state index contributed by atoms with van der Waals surface area (Å²) < 4.78 is 0. The van der Waals surface area contributed by atoms with Crippen LogP contribution in [0.15, 0.2) is 0 Å². The van der Waals surface area contributed by atoms with Crippen molar-refractivity contribution in [2.45, 2.75) is 90.2 Å². The van der Waals surface area contributed by atoms with Crippen LogP contribution in [0.2, 0.25) is 0 Å². The van der Waals surface area contributed by atoms with Crippen LogP contribution < -0.4 is 5.32 Å². The average Bonchev–Trinajstić information content (AvgIpc) is 2.86. The van der Waals surface area contributed by atoms with Crippen LogP contribution in [0.1, 0.15) is 84.5 Å². The molecule has 3 nitrogen and oxygen atoms in total. The number of fused-ring (bicyclic) bond motifs is 5. The second-order valence-electron chi connectivity index (χ2n) is 10.3. The molecule has 4 aliphatic carbocycles. The minimum Gasteiger partial charge on any atom is -0.396 e. The van der Waals surface area contributed by atoms with Crippen LogP contribution in [-0.2, 0) is 0 Å². The van der Waals surface area contributed by atoms with E-state index in [-0.39, 0.29) is 12.0 Å². The third-order valence-corrected chi connectivity index (χ3v) is 9.49. The van der Waals surface area contributed by atoms with Crippen LogP contribution in [0.4, 0.5) is 0 Å². The minimum absolute atomic E-state index is 0.0154. The van der Waals surface area contributed by atoms with Gasteiger partial charge >= 0.3 is 0 Å². The van der Waals surface area contributed by atoms with E-state index in [4.69, 9.17) is 5.11 Å². The summed E-state index contributed by atoms with van der Waals surface area (Å²) in [5.74, 6) is 3.36. The summed E-state index contributed by atoms with van der Waals surface area (Å²) in [6.45, 7) is 5.91. The Kier molecular flexibility index (Phi) is 4.74. The summed E-state index contributed by atoms with van der Waals surface area (Å²) in [5.41, 5.74) is -0.128. The van der Waals surface area contributed by atoms with E-state index in [2.05, 4.69) is 19.2 Å². The van der Waals surface area contributed by atoms with Crippen LogP contribution in [-0.4, -0.2) is 29.1 Å². The van der Waals surface area contributed by atoms with Crippen LogP contribution in [0.25, 0.3) is 0 Å². The molecule has 0 spiro atoms. The van der Waals surface area contributed by atoms with Crippen LogP contribution >= 0.6 is 0 Å². The van der Waals surface area contributed by atoms with Gasteiger partial charge in [0.05, 0.1) is 0 Å². The molecule has 3 N–H and O–H groups in total. The average molecular weight is 350 g/mol. The van der Waals surface area contributed by atoms with Crippen LogP contribution in [0.5, 0.6) is 0 Å². The first-order valence-electron chi connectivity index (χ1n) is 11.0. The molecule has 4 rings (SSSR count). The maximum atomic E-state index is 11.5. The highest BCUT2D eigenvalue weighted by Gasteiger charge is 2.64. The van der Waals surface area contributed by atoms with Gasteiger partial charge in [0.25, 0.3) is 0 Å². The molecule has 25 heavy (non-hydrogen) atoms. The van der Waals surface area contributed by atoms with Gasteiger partial charge in [-0.05, 0) is 93.4 Å². The Hall–Kier alpha value is -0.120. The number of hydrogen-bond acceptors (Lipinski definition) is 3. The van der Waals surface area contributed by atoms with E-state index in [1.807, 2.05) is 0 Å². The van der Waals surface area contributed by atoms with Crippen molar-refractivity contribution in [3.05, 3.63) is 0 Å². The van der Waals surface area contributed by atoms with E-state index >= 15 is 0 Å². The normalized spacial score (nSPS) is 52.3. The first-order valence-corrected chi connectivity index (χ1v) is 11.0. The van der Waals surface area contributed by atoms with E-state index in [0.29, 0.717) is 11.3 Å². The highest BCUT2D eigenvalue weighted by Crippen LogP contribution is 2.67. The molecule has 0 amide bonds. The summed E-state index contributed by atoms with van der Waals surface area (Å²) >= 11 is 0. The molecule has 3 unspecified atom stereocenters. The highest BCUT2D eigenvalue weighted by atomic mass is 16.3. The fourth-order valence-electron chi connectivity index (χ4n) is 7.98. The zero-order valence-electron chi connectivity index (χ0n) is 16.4. The second-order valence-corrected chi connectivity index (χ2v) is 10.3. The van der Waals surface area contributed by atoms with Gasteiger partial charge in [0, 0.05) is 12.0 Å². The van der Waals surface area contributed by atoms with Crippen molar-refractivity contribution < 1.29 is 10.2 Å². The first kappa shape index (κ1) is 18.3. The van der Waals surface area contributed by atoms with Gasteiger partial charge in [-0.25, -0.2) is 0 Å². The van der Waals surface area contributed by atoms with Crippen molar-refractivity contribution >= 4 is 0 Å². The molecule has 3 heteroatoms. The number of aliphatic hydroxyl groups is 2. The fourth-order valence-corrected chi connectivity index (χ4v) is 7.98. The maximum absolute atomic E-state index is 11.5. The summed E-state index contributed by atoms with van der Waals surface area (Å²) in [5, 5.41) is 24.0. The molecule has 4 fully saturated rings. The van der Waals surface area contributed by atoms with Crippen molar-refractivity contribution in [2.24, 2.45) is 34.5 Å². The Labute approximate surface area is 154 Å². The quantitative estimate of drug-likeness (QED) is 0.529. The molecule has 0 aliphatic heterocycles. The third kappa shape index (κ3) is 2.63. The zero-order valence-corrected chi connectivity index (χ0v) is 16.4. The lowest BCUT2D eigenvalue weighted by atomic mass is 9.45. The van der Waals surface area contributed by atoms with Crippen molar-refractivity contribution in [3.8, 4) is 0 Å². The van der Waals surface area contributed by atoms with E-state index in [1.165, 1.54) is 57.8 Å². The van der Waals surface area contributed by atoms with E-state index in [9.17, 15) is 5.11 Å². The van der Waals surface area contributed by atoms with Gasteiger partial charge in [0.15, 0.2) is 0 Å². The van der Waals surface area contributed by atoms with Gasteiger partial charge in [-0.2, -0.15) is 0 Å². The molecule has 0 bridgehead atoms. The highest BCUT2D eigenvalue weighted by molar-refractivity contribution is 5.12. The van der Waals surface area contributed by atoms with Gasteiger partial charge in [-0.15, -0.1) is 0 Å². The first-order chi connectivity index (χ1) is 11.9. The lowest BCUT2D eigenvalue weighted by Crippen LogP contribution is -2.60. The van der Waals surface area contributed by atoms with Crippen LogP contribution in [0.3, 0.4) is 0 Å². The Balaban J connectivity index is 1.55. The fraction of sp³-hybridized carbons (Fsp3) is 1.00. The zero-order chi connectivity index (χ0) is 17.7. The third-order valence-electron chi connectivity index (χ3n) is 9.49. The lowest BCUT2D eigenvalue weighted by Gasteiger charge is -2.61. The Morgan fingerprint density at radius 2 is 1.72 bits per heavy atom. The Morgan fingerprint density at radius 1 is 0.920 bits per heavy atom. The predicted molar refractivity (Wildman–Crippen MR) is 101 cm³/mol. The monoisotopic (exact) mass is 349 g/mol. The Bertz CT molecular complexity index is 496. The molecular weight excluding hydrogens is 310 g/mol. The molecule has 0 radical (unpaired) electrons. The topological polar surface area (TPSA) is 52.5 Å². The number of hydrogen-bond donors (Lipinski definition) is 3. The van der Waals surface area contributed by atoms with Crippen molar-refractivity contribution in [1.82, 2.24) is 5.32 Å². The van der Waals surface area contributed by atoms with E-state index in [0.717, 1.165) is 37.1 Å². The predicted octanol–water partition coefficient (Wildman–Crippen LogP) is 4.08. The molecule has 7 atom stereocenters. The second kappa shape index (κ2) is 6.49. The molecule has 0 saturated heterocycles. The molecule has 144 valence electrons. The summed E-state index contributed by atoms with van der Waals surface area (Å²) in [7, 11) is 0. The Morgan fingerprint density at radius 3 is 2.52 bits per heavy atom. The van der Waals surface area contributed by atoms with Crippen molar-refractivity contribution in [1.29, 1.82) is 0 Å². The molecular formula is C22H39NO2. The molecule has 0 aromatic heterocycles.